The van der Waals surface area contributed by atoms with Gasteiger partial charge in [-0.3, -0.25) is 15.0 Å². The first-order valence-electron chi connectivity index (χ1n) is 9.64. The lowest BCUT2D eigenvalue weighted by Gasteiger charge is -2.32. The highest BCUT2D eigenvalue weighted by Crippen LogP contribution is 2.26. The van der Waals surface area contributed by atoms with Crippen molar-refractivity contribution in [1.29, 1.82) is 5.41 Å². The molecular formula is C21H24N4O5. The molecule has 1 unspecified atom stereocenters. The van der Waals surface area contributed by atoms with Crippen LogP contribution in [0.1, 0.15) is 30.4 Å². The van der Waals surface area contributed by atoms with E-state index in [0.29, 0.717) is 29.8 Å². The zero-order valence-electron chi connectivity index (χ0n) is 16.3. The molecule has 1 saturated heterocycles. The van der Waals surface area contributed by atoms with Gasteiger partial charge < -0.3 is 25.5 Å². The predicted molar refractivity (Wildman–Crippen MR) is 109 cm³/mol. The molecule has 0 bridgehead atoms. The summed E-state index contributed by atoms with van der Waals surface area (Å²) in [5.41, 5.74) is 7.37. The Hall–Kier alpha value is -3.62. The molecule has 2 heterocycles. The van der Waals surface area contributed by atoms with Gasteiger partial charge in [0.2, 0.25) is 11.8 Å². The molecule has 3 rings (SSSR count). The Labute approximate surface area is 173 Å². The first-order valence-corrected chi connectivity index (χ1v) is 9.64. The number of piperidine rings is 1. The molecule has 30 heavy (non-hydrogen) atoms. The van der Waals surface area contributed by atoms with Crippen LogP contribution in [0.4, 0.5) is 5.69 Å². The molecule has 1 aromatic carbocycles. The summed E-state index contributed by atoms with van der Waals surface area (Å²) in [6.45, 7) is 0.536. The number of anilines is 1. The second-order valence-electron chi connectivity index (χ2n) is 7.29. The fourth-order valence-corrected chi connectivity index (χ4v) is 3.54. The van der Waals surface area contributed by atoms with E-state index in [1.807, 2.05) is 0 Å². The molecule has 9 heteroatoms. The van der Waals surface area contributed by atoms with Gasteiger partial charge in [-0.15, -0.1) is 0 Å². The van der Waals surface area contributed by atoms with E-state index in [1.54, 1.807) is 35.2 Å². The largest absolute Gasteiger partial charge is 0.480 e. The van der Waals surface area contributed by atoms with Gasteiger partial charge in [-0.1, -0.05) is 0 Å². The van der Waals surface area contributed by atoms with E-state index in [9.17, 15) is 19.5 Å². The average Bonchev–Trinajstić information content (AvgIpc) is 3.22. The highest BCUT2D eigenvalue weighted by atomic mass is 16.4. The summed E-state index contributed by atoms with van der Waals surface area (Å²) in [6.07, 6.45) is 4.19. The highest BCUT2D eigenvalue weighted by molar-refractivity contribution is 5.99. The second kappa shape index (κ2) is 9.25. The Morgan fingerprint density at radius 3 is 2.63 bits per heavy atom. The molecule has 2 amide bonds. The number of rotatable bonds is 8. The fourth-order valence-electron chi connectivity index (χ4n) is 3.54. The van der Waals surface area contributed by atoms with Gasteiger partial charge in [0.15, 0.2) is 0 Å². The number of hydrogen-bond acceptors (Lipinski definition) is 5. The molecule has 0 spiro atoms. The van der Waals surface area contributed by atoms with E-state index in [1.165, 1.54) is 12.5 Å². The number of aliphatic carboxylic acids is 1. The highest BCUT2D eigenvalue weighted by Gasteiger charge is 2.32. The van der Waals surface area contributed by atoms with E-state index in [2.05, 4.69) is 5.32 Å². The number of benzene rings is 1. The van der Waals surface area contributed by atoms with Crippen LogP contribution >= 0.6 is 0 Å². The SMILES string of the molecule is N=C(N)c1ccc(N2CCC[C@@H](CC(=O)NC(Cc3ccoc3)C(=O)O)C2=O)cc1. The van der Waals surface area contributed by atoms with Crippen molar-refractivity contribution in [3.8, 4) is 0 Å². The van der Waals surface area contributed by atoms with Crippen LogP contribution in [-0.2, 0) is 20.8 Å². The van der Waals surface area contributed by atoms with Crippen molar-refractivity contribution in [2.45, 2.75) is 31.7 Å². The summed E-state index contributed by atoms with van der Waals surface area (Å²) in [5.74, 6) is -2.36. The van der Waals surface area contributed by atoms with Crippen LogP contribution in [0.3, 0.4) is 0 Å². The lowest BCUT2D eigenvalue weighted by molar-refractivity contribution is -0.142. The number of carboxylic acid groups (broad SMARTS) is 1. The van der Waals surface area contributed by atoms with Crippen LogP contribution in [-0.4, -0.2) is 41.3 Å². The Morgan fingerprint density at radius 1 is 1.30 bits per heavy atom. The molecule has 0 radical (unpaired) electrons. The summed E-state index contributed by atoms with van der Waals surface area (Å²) in [5, 5.41) is 19.3. The zero-order valence-corrected chi connectivity index (χ0v) is 16.3. The first-order chi connectivity index (χ1) is 14.3. The Balaban J connectivity index is 1.62. The summed E-state index contributed by atoms with van der Waals surface area (Å²) >= 11 is 0. The summed E-state index contributed by atoms with van der Waals surface area (Å²) in [4.78, 5) is 38.5. The number of nitrogens with zero attached hydrogens (tertiary/aromatic N) is 1. The van der Waals surface area contributed by atoms with E-state index >= 15 is 0 Å². The molecule has 0 saturated carbocycles. The van der Waals surface area contributed by atoms with Gasteiger partial charge >= 0.3 is 5.97 Å². The Kier molecular flexibility index (Phi) is 6.51. The normalized spacial score (nSPS) is 17.4. The minimum Gasteiger partial charge on any atom is -0.480 e. The number of nitrogen functional groups attached to an aromatic ring is 1. The third-order valence-corrected chi connectivity index (χ3v) is 5.12. The fraction of sp³-hybridized carbons (Fsp3) is 0.333. The van der Waals surface area contributed by atoms with Crippen molar-refractivity contribution >= 4 is 29.3 Å². The maximum absolute atomic E-state index is 12.9. The van der Waals surface area contributed by atoms with Crippen molar-refractivity contribution < 1.29 is 23.9 Å². The van der Waals surface area contributed by atoms with Gasteiger partial charge in [0, 0.05) is 36.6 Å². The zero-order chi connectivity index (χ0) is 21.7. The summed E-state index contributed by atoms with van der Waals surface area (Å²) in [6, 6.07) is 7.35. The number of nitrogens with two attached hydrogens (primary N) is 1. The lowest BCUT2D eigenvalue weighted by Crippen LogP contribution is -2.46. The van der Waals surface area contributed by atoms with Crippen LogP contribution in [0.15, 0.2) is 47.3 Å². The molecule has 1 aliphatic heterocycles. The summed E-state index contributed by atoms with van der Waals surface area (Å²) < 4.78 is 4.94. The van der Waals surface area contributed by atoms with Crippen LogP contribution in [0.2, 0.25) is 0 Å². The Morgan fingerprint density at radius 2 is 2.03 bits per heavy atom. The van der Waals surface area contributed by atoms with Crippen molar-refractivity contribution in [2.75, 3.05) is 11.4 Å². The smallest absolute Gasteiger partial charge is 0.326 e. The van der Waals surface area contributed by atoms with Gasteiger partial charge in [0.05, 0.1) is 12.5 Å². The lowest BCUT2D eigenvalue weighted by atomic mass is 9.92. The average molecular weight is 412 g/mol. The second-order valence-corrected chi connectivity index (χ2v) is 7.29. The van der Waals surface area contributed by atoms with Crippen LogP contribution in [0.5, 0.6) is 0 Å². The number of carbonyl (C=O) groups is 3. The molecule has 2 atom stereocenters. The number of nitrogens with one attached hydrogen (secondary N) is 2. The van der Waals surface area contributed by atoms with E-state index in [0.717, 1.165) is 6.42 Å². The van der Waals surface area contributed by atoms with Crippen LogP contribution < -0.4 is 16.0 Å². The van der Waals surface area contributed by atoms with E-state index in [-0.39, 0.29) is 24.6 Å². The number of amidine groups is 1. The third kappa shape index (κ3) is 5.05. The minimum absolute atomic E-state index is 0.0514. The van der Waals surface area contributed by atoms with Crippen LogP contribution in [0, 0.1) is 11.3 Å². The maximum atomic E-state index is 12.9. The van der Waals surface area contributed by atoms with Crippen molar-refractivity contribution in [3.63, 3.8) is 0 Å². The quantitative estimate of drug-likeness (QED) is 0.381. The summed E-state index contributed by atoms with van der Waals surface area (Å²) in [7, 11) is 0. The standard InChI is InChI=1S/C21H24N4O5/c22-19(23)14-3-5-16(6-4-14)25-8-1-2-15(20(25)27)11-18(26)24-17(21(28)29)10-13-7-9-30-12-13/h3-7,9,12,15,17H,1-2,8,10-11H2,(H3,22,23)(H,24,26)(H,28,29)/t15-,17?/m0/s1. The molecule has 1 fully saturated rings. The number of furan rings is 1. The molecule has 2 aromatic rings. The topological polar surface area (TPSA) is 150 Å². The van der Waals surface area contributed by atoms with Gasteiger partial charge in [-0.25, -0.2) is 4.79 Å². The third-order valence-electron chi connectivity index (χ3n) is 5.12. The minimum atomic E-state index is -1.15. The molecule has 5 N–H and O–H groups in total. The van der Waals surface area contributed by atoms with Crippen molar-refractivity contribution in [2.24, 2.45) is 11.7 Å². The predicted octanol–water partition coefficient (Wildman–Crippen LogP) is 1.51. The van der Waals surface area contributed by atoms with Gasteiger partial charge in [-0.2, -0.15) is 0 Å². The number of carbonyl (C=O) groups excluding carboxylic acids is 2. The monoisotopic (exact) mass is 412 g/mol. The van der Waals surface area contributed by atoms with Crippen molar-refractivity contribution in [3.05, 3.63) is 54.0 Å². The van der Waals surface area contributed by atoms with E-state index in [4.69, 9.17) is 15.6 Å². The van der Waals surface area contributed by atoms with Crippen molar-refractivity contribution in [1.82, 2.24) is 5.32 Å². The Bertz CT molecular complexity index is 923. The van der Waals surface area contributed by atoms with Crippen LogP contribution in [0.25, 0.3) is 0 Å². The van der Waals surface area contributed by atoms with Gasteiger partial charge in [-0.05, 0) is 48.7 Å². The van der Waals surface area contributed by atoms with E-state index < -0.39 is 23.8 Å². The maximum Gasteiger partial charge on any atom is 0.326 e. The molecule has 0 aliphatic carbocycles. The van der Waals surface area contributed by atoms with Gasteiger partial charge in [0.25, 0.3) is 0 Å². The molecule has 9 nitrogen and oxygen atoms in total. The number of amides is 2. The first kappa shape index (κ1) is 21.1. The van der Waals surface area contributed by atoms with Gasteiger partial charge in [0.1, 0.15) is 11.9 Å². The molecular weight excluding hydrogens is 388 g/mol. The number of hydrogen-bond donors (Lipinski definition) is 4. The number of carboxylic acids is 1. The molecule has 1 aliphatic rings. The molecule has 1 aromatic heterocycles. The molecule has 158 valence electrons.